The van der Waals surface area contributed by atoms with Gasteiger partial charge in [-0.1, -0.05) is 38.3 Å². The summed E-state index contributed by atoms with van der Waals surface area (Å²) in [5.74, 6) is -1.49. The highest BCUT2D eigenvalue weighted by atomic mass is 19.4. The zero-order chi connectivity index (χ0) is 20.1. The zero-order valence-electron chi connectivity index (χ0n) is 15.2. The van der Waals surface area contributed by atoms with Crippen LogP contribution in [0.1, 0.15) is 50.7 Å². The van der Waals surface area contributed by atoms with Crippen molar-refractivity contribution in [3.8, 4) is 0 Å². The maximum Gasteiger partial charge on any atom is 0.419 e. The molecule has 0 radical (unpaired) electrons. The average molecular weight is 382 g/mol. The van der Waals surface area contributed by atoms with Crippen molar-refractivity contribution in [2.75, 3.05) is 5.32 Å². The fourth-order valence-electron chi connectivity index (χ4n) is 2.90. The Balaban J connectivity index is 2.37. The maximum atomic E-state index is 14.1. The van der Waals surface area contributed by atoms with Crippen molar-refractivity contribution in [2.24, 2.45) is 0 Å². The number of unbranched alkanes of at least 4 members (excludes halogenated alkanes) is 2. The topological polar surface area (TPSA) is 42.0 Å². The standard InChI is InChI=1S/C20H22F4N2O/c1-3-4-6-11-19(2,18(27)26-17-8-5-7-12-25-17)14-9-10-15(16(21)13-14)20(22,23)24/h5,7-10,12-13H,3-4,6,11H2,1-2H3,(H,25,26,27). The summed E-state index contributed by atoms with van der Waals surface area (Å²) in [6.07, 6.45) is -0.427. The number of rotatable bonds is 7. The Labute approximate surface area is 155 Å². The number of carbonyl (C=O) groups excluding carboxylic acids is 1. The summed E-state index contributed by atoms with van der Waals surface area (Å²) in [7, 11) is 0. The number of hydrogen-bond donors (Lipinski definition) is 1. The summed E-state index contributed by atoms with van der Waals surface area (Å²) in [5, 5.41) is 2.68. The maximum absolute atomic E-state index is 14.1. The van der Waals surface area contributed by atoms with Gasteiger partial charge in [0.25, 0.3) is 0 Å². The number of anilines is 1. The molecule has 1 aromatic heterocycles. The number of benzene rings is 1. The molecule has 2 aromatic rings. The summed E-state index contributed by atoms with van der Waals surface area (Å²) in [4.78, 5) is 17.0. The largest absolute Gasteiger partial charge is 0.419 e. The van der Waals surface area contributed by atoms with E-state index in [1.165, 1.54) is 12.3 Å². The number of hydrogen-bond acceptors (Lipinski definition) is 2. The van der Waals surface area contributed by atoms with Crippen molar-refractivity contribution < 1.29 is 22.4 Å². The molecule has 0 aliphatic carbocycles. The number of carbonyl (C=O) groups is 1. The lowest BCUT2D eigenvalue weighted by Gasteiger charge is -2.29. The van der Waals surface area contributed by atoms with Gasteiger partial charge in [0, 0.05) is 6.20 Å². The first-order valence-corrected chi connectivity index (χ1v) is 8.78. The summed E-state index contributed by atoms with van der Waals surface area (Å²) >= 11 is 0. The van der Waals surface area contributed by atoms with Gasteiger partial charge in [0.2, 0.25) is 5.91 Å². The van der Waals surface area contributed by atoms with Crippen molar-refractivity contribution in [3.63, 3.8) is 0 Å². The summed E-state index contributed by atoms with van der Waals surface area (Å²) in [6.45, 7) is 3.62. The quantitative estimate of drug-likeness (QED) is 0.492. The third kappa shape index (κ3) is 5.05. The fourth-order valence-corrected chi connectivity index (χ4v) is 2.90. The molecule has 2 rings (SSSR count). The van der Waals surface area contributed by atoms with Gasteiger partial charge in [-0.25, -0.2) is 9.37 Å². The molecule has 7 heteroatoms. The van der Waals surface area contributed by atoms with Crippen LogP contribution in [0.25, 0.3) is 0 Å². The third-order valence-corrected chi connectivity index (χ3v) is 4.60. The van der Waals surface area contributed by atoms with E-state index < -0.39 is 28.9 Å². The minimum Gasteiger partial charge on any atom is -0.310 e. The van der Waals surface area contributed by atoms with Crippen molar-refractivity contribution in [1.29, 1.82) is 0 Å². The normalized spacial score (nSPS) is 13.9. The van der Waals surface area contributed by atoms with Gasteiger partial charge < -0.3 is 5.32 Å². The number of aromatic nitrogens is 1. The number of nitrogens with zero attached hydrogens (tertiary/aromatic N) is 1. The van der Waals surface area contributed by atoms with Crippen LogP contribution in [-0.2, 0) is 16.4 Å². The predicted octanol–water partition coefficient (Wildman–Crippen LogP) is 5.72. The zero-order valence-corrected chi connectivity index (χ0v) is 15.2. The third-order valence-electron chi connectivity index (χ3n) is 4.60. The van der Waals surface area contributed by atoms with Crippen LogP contribution in [0.4, 0.5) is 23.4 Å². The first kappa shape index (κ1) is 20.9. The molecule has 0 bridgehead atoms. The molecule has 0 spiro atoms. The minimum absolute atomic E-state index is 0.206. The molecular formula is C20H22F4N2O. The van der Waals surface area contributed by atoms with Gasteiger partial charge in [-0.2, -0.15) is 13.2 Å². The Morgan fingerprint density at radius 2 is 1.89 bits per heavy atom. The number of halogens is 4. The fraction of sp³-hybridized carbons (Fsp3) is 0.400. The Kier molecular flexibility index (Phi) is 6.57. The van der Waals surface area contributed by atoms with Crippen molar-refractivity contribution in [1.82, 2.24) is 4.98 Å². The highest BCUT2D eigenvalue weighted by Gasteiger charge is 2.38. The first-order valence-electron chi connectivity index (χ1n) is 8.78. The van der Waals surface area contributed by atoms with Crippen molar-refractivity contribution >= 4 is 11.7 Å². The van der Waals surface area contributed by atoms with E-state index in [-0.39, 0.29) is 5.56 Å². The second kappa shape index (κ2) is 8.50. The molecular weight excluding hydrogens is 360 g/mol. The minimum atomic E-state index is -4.78. The molecule has 1 unspecified atom stereocenters. The van der Waals surface area contributed by atoms with Gasteiger partial charge in [0.05, 0.1) is 11.0 Å². The molecule has 0 aliphatic heterocycles. The molecule has 1 heterocycles. The van der Waals surface area contributed by atoms with Gasteiger partial charge in [-0.05, 0) is 43.2 Å². The van der Waals surface area contributed by atoms with E-state index in [4.69, 9.17) is 0 Å². The molecule has 0 fully saturated rings. The Morgan fingerprint density at radius 1 is 1.15 bits per heavy atom. The van der Waals surface area contributed by atoms with Gasteiger partial charge in [-0.3, -0.25) is 4.79 Å². The van der Waals surface area contributed by atoms with E-state index in [1.54, 1.807) is 25.1 Å². The van der Waals surface area contributed by atoms with Gasteiger partial charge in [0.1, 0.15) is 11.6 Å². The highest BCUT2D eigenvalue weighted by Crippen LogP contribution is 2.36. The molecule has 1 aromatic carbocycles. The molecule has 1 atom stereocenters. The van der Waals surface area contributed by atoms with E-state index in [0.29, 0.717) is 24.7 Å². The lowest BCUT2D eigenvalue weighted by molar-refractivity contribution is -0.140. The van der Waals surface area contributed by atoms with Crippen LogP contribution < -0.4 is 5.32 Å². The number of amides is 1. The van der Waals surface area contributed by atoms with Gasteiger partial charge >= 0.3 is 6.18 Å². The predicted molar refractivity (Wildman–Crippen MR) is 95.8 cm³/mol. The molecule has 146 valence electrons. The smallest absolute Gasteiger partial charge is 0.310 e. The van der Waals surface area contributed by atoms with Crippen LogP contribution in [-0.4, -0.2) is 10.9 Å². The van der Waals surface area contributed by atoms with E-state index in [2.05, 4.69) is 10.3 Å². The molecule has 3 nitrogen and oxygen atoms in total. The molecule has 0 saturated heterocycles. The molecule has 1 N–H and O–H groups in total. The van der Waals surface area contributed by atoms with E-state index >= 15 is 0 Å². The second-order valence-electron chi connectivity index (χ2n) is 6.65. The molecule has 0 aliphatic rings. The summed E-state index contributed by atoms with van der Waals surface area (Å²) in [5.41, 5.74) is -2.32. The Hall–Kier alpha value is -2.44. The SMILES string of the molecule is CCCCCC(C)(C(=O)Nc1ccccn1)c1ccc(C(F)(F)F)c(F)c1. The van der Waals surface area contributed by atoms with Crippen LogP contribution >= 0.6 is 0 Å². The Bertz CT molecular complexity index is 777. The van der Waals surface area contributed by atoms with Gasteiger partial charge in [0.15, 0.2) is 0 Å². The van der Waals surface area contributed by atoms with Crippen LogP contribution in [0.5, 0.6) is 0 Å². The van der Waals surface area contributed by atoms with Crippen LogP contribution in [0.3, 0.4) is 0 Å². The summed E-state index contributed by atoms with van der Waals surface area (Å²) < 4.78 is 52.6. The lowest BCUT2D eigenvalue weighted by Crippen LogP contribution is -2.38. The average Bonchev–Trinajstić information content (AvgIpc) is 2.61. The van der Waals surface area contributed by atoms with Crippen molar-refractivity contribution in [3.05, 3.63) is 59.5 Å². The summed E-state index contributed by atoms with van der Waals surface area (Å²) in [6, 6.07) is 7.69. The Morgan fingerprint density at radius 3 is 2.44 bits per heavy atom. The van der Waals surface area contributed by atoms with Crippen LogP contribution in [0, 0.1) is 5.82 Å². The highest BCUT2D eigenvalue weighted by molar-refractivity contribution is 5.98. The van der Waals surface area contributed by atoms with Crippen LogP contribution in [0.2, 0.25) is 0 Å². The number of pyridine rings is 1. The number of nitrogens with one attached hydrogen (secondary N) is 1. The van der Waals surface area contributed by atoms with E-state index in [0.717, 1.165) is 18.9 Å². The molecule has 0 saturated carbocycles. The molecule has 27 heavy (non-hydrogen) atoms. The van der Waals surface area contributed by atoms with Gasteiger partial charge in [-0.15, -0.1) is 0 Å². The first-order chi connectivity index (χ1) is 12.7. The lowest BCUT2D eigenvalue weighted by atomic mass is 9.76. The number of alkyl halides is 3. The van der Waals surface area contributed by atoms with Crippen LogP contribution in [0.15, 0.2) is 42.6 Å². The van der Waals surface area contributed by atoms with E-state index in [9.17, 15) is 22.4 Å². The second-order valence-corrected chi connectivity index (χ2v) is 6.65. The van der Waals surface area contributed by atoms with Crippen molar-refractivity contribution in [2.45, 2.75) is 51.1 Å². The molecule has 1 amide bonds. The van der Waals surface area contributed by atoms with E-state index in [1.807, 2.05) is 6.92 Å². The monoisotopic (exact) mass is 382 g/mol.